The first-order valence-electron chi connectivity index (χ1n) is 9.94. The van der Waals surface area contributed by atoms with E-state index in [9.17, 15) is 9.59 Å². The summed E-state index contributed by atoms with van der Waals surface area (Å²) in [6.45, 7) is 8.35. The van der Waals surface area contributed by atoms with Gasteiger partial charge < -0.3 is 15.5 Å². The predicted octanol–water partition coefficient (Wildman–Crippen LogP) is 3.95. The Labute approximate surface area is 157 Å². The molecule has 0 aromatic heterocycles. The van der Waals surface area contributed by atoms with E-state index in [0.29, 0.717) is 18.8 Å². The number of rotatable bonds is 9. The predicted molar refractivity (Wildman–Crippen MR) is 107 cm³/mol. The lowest BCUT2D eigenvalue weighted by Crippen LogP contribution is -2.43. The molecule has 2 rings (SSSR count). The highest BCUT2D eigenvalue weighted by Gasteiger charge is 2.20. The third-order valence-corrected chi connectivity index (χ3v) is 4.76. The lowest BCUT2D eigenvalue weighted by Gasteiger charge is -2.20. The molecule has 2 amide bonds. The minimum atomic E-state index is -0.477. The molecule has 2 N–H and O–H groups in total. The number of benzene rings is 1. The zero-order chi connectivity index (χ0) is 18.9. The molecule has 1 aliphatic rings. The molecule has 144 valence electrons. The minimum absolute atomic E-state index is 0.0434. The average molecular weight is 360 g/mol. The third-order valence-electron chi connectivity index (χ3n) is 4.76. The summed E-state index contributed by atoms with van der Waals surface area (Å²) in [5.41, 5.74) is 1.94. The maximum absolute atomic E-state index is 12.7. The molecule has 26 heavy (non-hydrogen) atoms. The van der Waals surface area contributed by atoms with Crippen LogP contribution in [0.5, 0.6) is 0 Å². The topological polar surface area (TPSA) is 61.4 Å². The van der Waals surface area contributed by atoms with Crippen molar-refractivity contribution in [2.24, 2.45) is 5.92 Å². The van der Waals surface area contributed by atoms with Gasteiger partial charge in [-0.3, -0.25) is 9.59 Å². The van der Waals surface area contributed by atoms with Crippen LogP contribution in [0.1, 0.15) is 59.3 Å². The quantitative estimate of drug-likeness (QED) is 0.702. The van der Waals surface area contributed by atoms with Crippen molar-refractivity contribution in [1.82, 2.24) is 5.32 Å². The van der Waals surface area contributed by atoms with Gasteiger partial charge in [0.15, 0.2) is 0 Å². The molecule has 1 saturated heterocycles. The van der Waals surface area contributed by atoms with Crippen molar-refractivity contribution in [3.63, 3.8) is 0 Å². The summed E-state index contributed by atoms with van der Waals surface area (Å²) < 4.78 is 0. The smallest absolute Gasteiger partial charge is 0.246 e. The molecule has 1 unspecified atom stereocenters. The van der Waals surface area contributed by atoms with E-state index < -0.39 is 6.04 Å². The highest BCUT2D eigenvalue weighted by atomic mass is 16.2. The summed E-state index contributed by atoms with van der Waals surface area (Å²) in [6.07, 6.45) is 5.23. The van der Waals surface area contributed by atoms with Crippen LogP contribution in [0.3, 0.4) is 0 Å². The van der Waals surface area contributed by atoms with E-state index in [0.717, 1.165) is 37.3 Å². The second kappa shape index (κ2) is 10.2. The Bertz CT molecular complexity index is 595. The van der Waals surface area contributed by atoms with Gasteiger partial charge in [-0.05, 0) is 49.8 Å². The van der Waals surface area contributed by atoms with Crippen LogP contribution in [-0.2, 0) is 9.59 Å². The van der Waals surface area contributed by atoms with E-state index >= 15 is 0 Å². The summed E-state index contributed by atoms with van der Waals surface area (Å²) in [4.78, 5) is 27.1. The molecule has 0 bridgehead atoms. The second-order valence-corrected chi connectivity index (χ2v) is 7.58. The van der Waals surface area contributed by atoms with Gasteiger partial charge in [-0.2, -0.15) is 0 Å². The van der Waals surface area contributed by atoms with Crippen molar-refractivity contribution in [3.8, 4) is 0 Å². The lowest BCUT2D eigenvalue weighted by atomic mass is 10.1. The number of anilines is 2. The van der Waals surface area contributed by atoms with Gasteiger partial charge in [0.1, 0.15) is 6.04 Å². The van der Waals surface area contributed by atoms with Crippen molar-refractivity contribution < 1.29 is 9.59 Å². The number of nitrogens with one attached hydrogen (secondary N) is 2. The van der Waals surface area contributed by atoms with E-state index in [1.165, 1.54) is 12.8 Å². The maximum atomic E-state index is 12.7. The van der Waals surface area contributed by atoms with Gasteiger partial charge >= 0.3 is 0 Å². The number of hydrogen-bond acceptors (Lipinski definition) is 3. The monoisotopic (exact) mass is 359 g/mol. The molecule has 1 heterocycles. The lowest BCUT2D eigenvalue weighted by molar-refractivity contribution is -0.126. The molecular weight excluding hydrogens is 326 g/mol. The molecule has 5 heteroatoms. The molecule has 1 fully saturated rings. The summed E-state index contributed by atoms with van der Waals surface area (Å²) in [5.74, 6) is 0.300. The van der Waals surface area contributed by atoms with E-state index in [2.05, 4.69) is 35.4 Å². The molecule has 0 spiro atoms. The molecule has 1 aliphatic heterocycles. The van der Waals surface area contributed by atoms with Crippen molar-refractivity contribution >= 4 is 23.2 Å². The van der Waals surface area contributed by atoms with Crippen molar-refractivity contribution in [2.75, 3.05) is 23.3 Å². The Hall–Kier alpha value is -2.04. The number of hydrogen-bond donors (Lipinski definition) is 2. The Balaban J connectivity index is 1.95. The minimum Gasteiger partial charge on any atom is -0.371 e. The van der Waals surface area contributed by atoms with E-state index in [4.69, 9.17) is 0 Å². The van der Waals surface area contributed by atoms with Crippen LogP contribution < -0.4 is 15.5 Å². The standard InChI is InChI=1S/C21H33N3O2/c1-4-8-19(23-20(25)12-11-16(2)3)21(26)22-17-9-7-10-18(15-17)24-13-5-6-14-24/h7,9-10,15-16,19H,4-6,8,11-14H2,1-3H3,(H,22,26)(H,23,25). The van der Waals surface area contributed by atoms with E-state index in [1.54, 1.807) is 0 Å². The first-order valence-corrected chi connectivity index (χ1v) is 9.94. The maximum Gasteiger partial charge on any atom is 0.246 e. The number of carbonyl (C=O) groups excluding carboxylic acids is 2. The fraction of sp³-hybridized carbons (Fsp3) is 0.619. The van der Waals surface area contributed by atoms with Gasteiger partial charge in [-0.15, -0.1) is 0 Å². The largest absolute Gasteiger partial charge is 0.371 e. The van der Waals surface area contributed by atoms with Gasteiger partial charge in [-0.25, -0.2) is 0 Å². The molecule has 0 radical (unpaired) electrons. The first-order chi connectivity index (χ1) is 12.5. The van der Waals surface area contributed by atoms with Crippen molar-refractivity contribution in [1.29, 1.82) is 0 Å². The highest BCUT2D eigenvalue weighted by Crippen LogP contribution is 2.23. The Morgan fingerprint density at radius 2 is 1.88 bits per heavy atom. The van der Waals surface area contributed by atoms with Gasteiger partial charge in [0.2, 0.25) is 11.8 Å². The SMILES string of the molecule is CCCC(NC(=O)CCC(C)C)C(=O)Nc1cccc(N2CCCC2)c1. The van der Waals surface area contributed by atoms with Gasteiger partial charge in [0.25, 0.3) is 0 Å². The highest BCUT2D eigenvalue weighted by molar-refractivity contribution is 5.97. The third kappa shape index (κ3) is 6.36. The van der Waals surface area contributed by atoms with Crippen LogP contribution in [0, 0.1) is 5.92 Å². The zero-order valence-electron chi connectivity index (χ0n) is 16.4. The van der Waals surface area contributed by atoms with Gasteiger partial charge in [0.05, 0.1) is 0 Å². The normalized spacial score (nSPS) is 15.2. The molecule has 5 nitrogen and oxygen atoms in total. The molecule has 0 aliphatic carbocycles. The van der Waals surface area contributed by atoms with Crippen LogP contribution in [0.25, 0.3) is 0 Å². The average Bonchev–Trinajstić information content (AvgIpc) is 3.14. The Kier molecular flexibility index (Phi) is 7.95. The number of amides is 2. The molecule has 1 atom stereocenters. The fourth-order valence-corrected chi connectivity index (χ4v) is 3.23. The summed E-state index contributed by atoms with van der Waals surface area (Å²) in [7, 11) is 0. The van der Waals surface area contributed by atoms with Crippen LogP contribution in [0.15, 0.2) is 24.3 Å². The number of nitrogens with zero attached hydrogens (tertiary/aromatic N) is 1. The van der Waals surface area contributed by atoms with Gasteiger partial charge in [-0.1, -0.05) is 33.3 Å². The van der Waals surface area contributed by atoms with Crippen LogP contribution in [-0.4, -0.2) is 30.9 Å². The second-order valence-electron chi connectivity index (χ2n) is 7.58. The van der Waals surface area contributed by atoms with Crippen molar-refractivity contribution in [3.05, 3.63) is 24.3 Å². The number of carbonyl (C=O) groups is 2. The molecule has 0 saturated carbocycles. The van der Waals surface area contributed by atoms with Crippen LogP contribution in [0.2, 0.25) is 0 Å². The molecule has 1 aromatic rings. The van der Waals surface area contributed by atoms with E-state index in [-0.39, 0.29) is 11.8 Å². The summed E-state index contributed by atoms with van der Waals surface area (Å²) in [6, 6.07) is 7.50. The molecular formula is C21H33N3O2. The van der Waals surface area contributed by atoms with Gasteiger partial charge in [0, 0.05) is 30.9 Å². The fourth-order valence-electron chi connectivity index (χ4n) is 3.23. The zero-order valence-corrected chi connectivity index (χ0v) is 16.4. The van der Waals surface area contributed by atoms with Crippen LogP contribution in [0.4, 0.5) is 11.4 Å². The summed E-state index contributed by atoms with van der Waals surface area (Å²) >= 11 is 0. The first kappa shape index (κ1) is 20.3. The molecule has 1 aromatic carbocycles. The van der Waals surface area contributed by atoms with Crippen molar-refractivity contribution in [2.45, 2.75) is 65.3 Å². The van der Waals surface area contributed by atoms with Crippen LogP contribution >= 0.6 is 0 Å². The van der Waals surface area contributed by atoms with E-state index in [1.807, 2.05) is 25.1 Å². The Morgan fingerprint density at radius 1 is 1.15 bits per heavy atom. The Morgan fingerprint density at radius 3 is 2.54 bits per heavy atom. The summed E-state index contributed by atoms with van der Waals surface area (Å²) in [5, 5.41) is 5.88.